The first-order chi connectivity index (χ1) is 30.3. The number of aliphatic hydroxyl groups is 2. The van der Waals surface area contributed by atoms with Crippen molar-refractivity contribution in [1.82, 2.24) is 20.9 Å². The van der Waals surface area contributed by atoms with Gasteiger partial charge in [0.25, 0.3) is 11.8 Å². The predicted octanol–water partition coefficient (Wildman–Crippen LogP) is 4.69. The molecule has 0 aliphatic rings. The normalized spacial score (nSPS) is 11.4. The number of urea groups is 2. The van der Waals surface area contributed by atoms with Gasteiger partial charge in [0.1, 0.15) is 23.0 Å². The van der Waals surface area contributed by atoms with E-state index in [1.807, 2.05) is 0 Å². The molecule has 20 nitrogen and oxygen atoms in total. The number of halogens is 2. The molecule has 0 radical (unpaired) electrons. The van der Waals surface area contributed by atoms with Crippen LogP contribution < -0.4 is 31.9 Å². The summed E-state index contributed by atoms with van der Waals surface area (Å²) in [5, 5.41) is 48.9. The lowest BCUT2D eigenvalue weighted by Crippen LogP contribution is -2.43. The summed E-state index contributed by atoms with van der Waals surface area (Å²) in [5.41, 5.74) is 2.71. The zero-order valence-corrected chi connectivity index (χ0v) is 32.6. The van der Waals surface area contributed by atoms with Crippen molar-refractivity contribution < 1.29 is 66.7 Å². The number of benzene rings is 4. The van der Waals surface area contributed by atoms with Crippen LogP contribution in [-0.2, 0) is 14.3 Å². The van der Waals surface area contributed by atoms with Crippen LogP contribution in [0.2, 0.25) is 0 Å². The van der Waals surface area contributed by atoms with Crippen LogP contribution in [0.5, 0.6) is 0 Å². The number of carboxylic acid groups (broad SMARTS) is 1. The van der Waals surface area contributed by atoms with Gasteiger partial charge in [0.05, 0.1) is 31.7 Å². The van der Waals surface area contributed by atoms with E-state index in [1.54, 1.807) is 60.7 Å². The summed E-state index contributed by atoms with van der Waals surface area (Å²) in [6, 6.07) is 23.0. The number of carbonyl (C=O) groups is 6. The molecule has 2 atom stereocenters. The molecule has 9 N–H and O–H groups in total. The largest absolute Gasteiger partial charge is 0.480 e. The quantitative estimate of drug-likeness (QED) is 0.0672. The minimum absolute atomic E-state index is 0.0383. The lowest BCUT2D eigenvalue weighted by Gasteiger charge is -2.12. The Hall–Kier alpha value is -8.50. The highest BCUT2D eigenvalue weighted by molar-refractivity contribution is 6.01. The van der Waals surface area contributed by atoms with Gasteiger partial charge in [0, 0.05) is 34.6 Å². The van der Waals surface area contributed by atoms with E-state index < -0.39 is 72.7 Å². The van der Waals surface area contributed by atoms with Gasteiger partial charge < -0.3 is 61.0 Å². The molecular formula is C41H36F2N8O12. The van der Waals surface area contributed by atoms with E-state index in [4.69, 9.17) is 19.3 Å². The van der Waals surface area contributed by atoms with Crippen molar-refractivity contribution in [3.8, 4) is 22.5 Å². The molecule has 2 aromatic heterocycles. The standard InChI is InChI=1S/C21H19FN4O6.C20H17FN4O6/c1-31-20(29)17(11-27)24-19(28)18-10-16(26-32-18)12-6-8-13(9-7-12)23-21(30)25-15-5-3-2-4-14(15)22;21-13-3-1-2-4-14(13)24-20(30)22-12-7-5-11(6-8-12)15-9-17(31-25-15)18(27)23-16(10-26)19(28)29/h2-10,17,27H,11H2,1H3,(H,24,28)(H2,23,25,30);1-9,16,26H,10H2,(H,23,27)(H,28,29)(H2,22,24,30)/t17-;16-/m00/s1. The van der Waals surface area contributed by atoms with Crippen LogP contribution in [0.15, 0.2) is 118 Å². The zero-order chi connectivity index (χ0) is 45.5. The summed E-state index contributed by atoms with van der Waals surface area (Å²) in [6.07, 6.45) is 0. The Bertz CT molecular complexity index is 2570. The van der Waals surface area contributed by atoms with Crippen molar-refractivity contribution in [3.63, 3.8) is 0 Å². The molecule has 22 heteroatoms. The summed E-state index contributed by atoms with van der Waals surface area (Å²) in [5.74, 6) is -5.32. The Labute approximate surface area is 354 Å². The number of nitrogens with zero attached hydrogens (tertiary/aromatic N) is 2. The molecule has 6 amide bonds. The number of para-hydroxylation sites is 2. The zero-order valence-electron chi connectivity index (χ0n) is 32.6. The third-order valence-electron chi connectivity index (χ3n) is 8.35. The topological polar surface area (TPSA) is 297 Å². The summed E-state index contributed by atoms with van der Waals surface area (Å²) >= 11 is 0. The highest BCUT2D eigenvalue weighted by atomic mass is 19.1. The first-order valence-corrected chi connectivity index (χ1v) is 18.2. The molecule has 0 saturated heterocycles. The van der Waals surface area contributed by atoms with Crippen LogP contribution >= 0.6 is 0 Å². The molecule has 0 fully saturated rings. The number of rotatable bonds is 14. The number of ether oxygens (including phenoxy) is 1. The molecule has 0 saturated carbocycles. The highest BCUT2D eigenvalue weighted by Crippen LogP contribution is 2.24. The monoisotopic (exact) mass is 870 g/mol. The van der Waals surface area contributed by atoms with Crippen LogP contribution in [0.25, 0.3) is 22.5 Å². The van der Waals surface area contributed by atoms with Crippen molar-refractivity contribution >= 4 is 58.6 Å². The van der Waals surface area contributed by atoms with Crippen molar-refractivity contribution in [2.75, 3.05) is 41.6 Å². The van der Waals surface area contributed by atoms with Gasteiger partial charge in [-0.15, -0.1) is 0 Å². The Morgan fingerprint density at radius 1 is 0.603 bits per heavy atom. The lowest BCUT2D eigenvalue weighted by molar-refractivity contribution is -0.144. The minimum Gasteiger partial charge on any atom is -0.480 e. The molecule has 6 aromatic rings. The van der Waals surface area contributed by atoms with Gasteiger partial charge in [-0.2, -0.15) is 0 Å². The number of aromatic nitrogens is 2. The number of carboxylic acids is 1. The molecule has 6 rings (SSSR count). The van der Waals surface area contributed by atoms with Crippen LogP contribution in [-0.4, -0.2) is 93.9 Å². The molecule has 63 heavy (non-hydrogen) atoms. The highest BCUT2D eigenvalue weighted by Gasteiger charge is 2.24. The second-order valence-corrected chi connectivity index (χ2v) is 12.7. The second kappa shape index (κ2) is 21.7. The van der Waals surface area contributed by atoms with E-state index in [2.05, 4.69) is 47.0 Å². The van der Waals surface area contributed by atoms with Gasteiger partial charge in [0.15, 0.2) is 12.1 Å². The molecule has 4 aromatic carbocycles. The van der Waals surface area contributed by atoms with Crippen molar-refractivity contribution in [2.45, 2.75) is 12.1 Å². The molecule has 0 bridgehead atoms. The maximum atomic E-state index is 13.6. The maximum absolute atomic E-state index is 13.6. The van der Waals surface area contributed by atoms with E-state index in [9.17, 15) is 42.7 Å². The number of hydrogen-bond donors (Lipinski definition) is 9. The second-order valence-electron chi connectivity index (χ2n) is 12.7. The van der Waals surface area contributed by atoms with Gasteiger partial charge in [-0.25, -0.2) is 28.0 Å². The van der Waals surface area contributed by atoms with Crippen molar-refractivity contribution in [3.05, 3.63) is 132 Å². The Morgan fingerprint density at radius 2 is 1.00 bits per heavy atom. The third kappa shape index (κ3) is 12.7. The van der Waals surface area contributed by atoms with Gasteiger partial charge in [-0.3, -0.25) is 9.59 Å². The third-order valence-corrected chi connectivity index (χ3v) is 8.35. The van der Waals surface area contributed by atoms with Gasteiger partial charge in [0.2, 0.25) is 11.5 Å². The Kier molecular flexibility index (Phi) is 15.7. The molecule has 326 valence electrons. The van der Waals surface area contributed by atoms with Gasteiger partial charge in [-0.1, -0.05) is 58.8 Å². The van der Waals surface area contributed by atoms with Gasteiger partial charge in [-0.05, 0) is 48.5 Å². The van der Waals surface area contributed by atoms with E-state index in [-0.39, 0.29) is 22.9 Å². The first kappa shape index (κ1) is 45.6. The fraction of sp³-hybridized carbons (Fsp3) is 0.122. The average Bonchev–Trinajstić information content (AvgIpc) is 3.99. The number of anilines is 4. The van der Waals surface area contributed by atoms with Crippen LogP contribution in [0, 0.1) is 11.6 Å². The van der Waals surface area contributed by atoms with Crippen LogP contribution in [0.4, 0.5) is 41.1 Å². The summed E-state index contributed by atoms with van der Waals surface area (Å²) < 4.78 is 41.6. The summed E-state index contributed by atoms with van der Waals surface area (Å²) in [4.78, 5) is 70.6. The number of methoxy groups -OCH3 is 1. The van der Waals surface area contributed by atoms with Gasteiger partial charge >= 0.3 is 24.0 Å². The summed E-state index contributed by atoms with van der Waals surface area (Å²) in [6.45, 7) is -1.42. The number of amides is 6. The fourth-order valence-electron chi connectivity index (χ4n) is 5.15. The van der Waals surface area contributed by atoms with Crippen molar-refractivity contribution in [1.29, 1.82) is 0 Å². The Balaban J connectivity index is 0.000000238. The minimum atomic E-state index is -1.47. The molecular weight excluding hydrogens is 834 g/mol. The fourth-order valence-corrected chi connectivity index (χ4v) is 5.15. The number of aliphatic carboxylic acids is 1. The van der Waals surface area contributed by atoms with E-state index in [1.165, 1.54) is 48.5 Å². The average molecular weight is 871 g/mol. The van der Waals surface area contributed by atoms with E-state index in [0.29, 0.717) is 33.9 Å². The Morgan fingerprint density at radius 3 is 1.37 bits per heavy atom. The molecule has 2 heterocycles. The molecule has 0 aliphatic heterocycles. The summed E-state index contributed by atoms with van der Waals surface area (Å²) in [7, 11) is 1.13. The number of carbonyl (C=O) groups excluding carboxylic acids is 5. The maximum Gasteiger partial charge on any atom is 0.330 e. The predicted molar refractivity (Wildman–Crippen MR) is 218 cm³/mol. The van der Waals surface area contributed by atoms with E-state index >= 15 is 0 Å². The van der Waals surface area contributed by atoms with Crippen LogP contribution in [0.3, 0.4) is 0 Å². The van der Waals surface area contributed by atoms with E-state index in [0.717, 1.165) is 7.11 Å². The number of nitrogens with one attached hydrogen (secondary N) is 6. The van der Waals surface area contributed by atoms with Crippen LogP contribution in [0.1, 0.15) is 21.1 Å². The number of hydrogen-bond acceptors (Lipinski definition) is 13. The lowest BCUT2D eigenvalue weighted by atomic mass is 10.1. The molecule has 0 unspecified atom stereocenters. The first-order valence-electron chi connectivity index (χ1n) is 18.2. The molecule has 0 spiro atoms. The SMILES string of the molecule is COC(=O)[C@H](CO)NC(=O)c1cc(-c2ccc(NC(=O)Nc3ccccc3F)cc2)no1.O=C(Nc1ccc(-c2cc(C(=O)N[C@@H](CO)C(=O)O)on2)cc1)Nc1ccccc1F. The number of esters is 1. The molecule has 0 aliphatic carbocycles. The van der Waals surface area contributed by atoms with Crippen molar-refractivity contribution in [2.24, 2.45) is 0 Å². The smallest absolute Gasteiger partial charge is 0.330 e. The number of aliphatic hydroxyl groups excluding tert-OH is 2.